The highest BCUT2D eigenvalue weighted by molar-refractivity contribution is 5.69. The Bertz CT molecular complexity index is 398. The van der Waals surface area contributed by atoms with Gasteiger partial charge in [0.2, 0.25) is 0 Å². The minimum absolute atomic E-state index is 0.0722. The average molecular weight is 236 g/mol. The SMILES string of the molecule is Cc1cc(C(F)(F)F)nn1CC(C)C(=O)O. The Morgan fingerprint density at radius 2 is 2.19 bits per heavy atom. The second-order valence-electron chi connectivity index (χ2n) is 3.59. The number of halogens is 3. The fourth-order valence-corrected chi connectivity index (χ4v) is 1.17. The summed E-state index contributed by atoms with van der Waals surface area (Å²) in [6.07, 6.45) is -4.50. The van der Waals surface area contributed by atoms with E-state index in [2.05, 4.69) is 5.10 Å². The third-order valence-corrected chi connectivity index (χ3v) is 2.14. The van der Waals surface area contributed by atoms with Crippen molar-refractivity contribution in [1.82, 2.24) is 9.78 Å². The van der Waals surface area contributed by atoms with Crippen LogP contribution < -0.4 is 0 Å². The van der Waals surface area contributed by atoms with E-state index in [1.54, 1.807) is 0 Å². The number of nitrogens with zero attached hydrogens (tertiary/aromatic N) is 2. The van der Waals surface area contributed by atoms with Crippen molar-refractivity contribution in [2.75, 3.05) is 0 Å². The molecule has 1 N–H and O–H groups in total. The van der Waals surface area contributed by atoms with E-state index in [0.717, 1.165) is 10.7 Å². The smallest absolute Gasteiger partial charge is 0.435 e. The Labute approximate surface area is 89.7 Å². The number of aryl methyl sites for hydroxylation is 1. The maximum Gasteiger partial charge on any atom is 0.435 e. The number of aliphatic carboxylic acids is 1. The molecule has 7 heteroatoms. The van der Waals surface area contributed by atoms with Crippen molar-refractivity contribution in [2.45, 2.75) is 26.6 Å². The van der Waals surface area contributed by atoms with Crippen LogP contribution in [0.25, 0.3) is 0 Å². The molecule has 0 bridgehead atoms. The topological polar surface area (TPSA) is 55.1 Å². The summed E-state index contributed by atoms with van der Waals surface area (Å²) in [5.74, 6) is -1.84. The lowest BCUT2D eigenvalue weighted by Crippen LogP contribution is -2.19. The molecule has 0 aliphatic heterocycles. The lowest BCUT2D eigenvalue weighted by molar-refractivity contribution is -0.141. The van der Waals surface area contributed by atoms with Gasteiger partial charge in [-0.05, 0) is 13.0 Å². The molecule has 1 aromatic rings. The lowest BCUT2D eigenvalue weighted by atomic mass is 10.2. The number of hydrogen-bond acceptors (Lipinski definition) is 2. The number of carbonyl (C=O) groups is 1. The number of rotatable bonds is 3. The Hall–Kier alpha value is -1.53. The molecule has 0 aliphatic rings. The van der Waals surface area contributed by atoms with Gasteiger partial charge >= 0.3 is 12.1 Å². The highest BCUT2D eigenvalue weighted by atomic mass is 19.4. The largest absolute Gasteiger partial charge is 0.481 e. The Morgan fingerprint density at radius 3 is 2.56 bits per heavy atom. The standard InChI is InChI=1S/C9H11F3N2O2/c1-5(8(15)16)4-14-6(2)3-7(13-14)9(10,11)12/h3,5H,4H2,1-2H3,(H,15,16). The van der Waals surface area contributed by atoms with Crippen LogP contribution in [0.5, 0.6) is 0 Å². The zero-order valence-electron chi connectivity index (χ0n) is 8.75. The molecule has 90 valence electrons. The maximum absolute atomic E-state index is 12.3. The van der Waals surface area contributed by atoms with Crippen LogP contribution in [0.4, 0.5) is 13.2 Å². The number of aromatic nitrogens is 2. The summed E-state index contributed by atoms with van der Waals surface area (Å²) < 4.78 is 37.9. The van der Waals surface area contributed by atoms with Crippen molar-refractivity contribution < 1.29 is 23.1 Å². The van der Waals surface area contributed by atoms with Gasteiger partial charge in [0.25, 0.3) is 0 Å². The molecule has 0 radical (unpaired) electrons. The molecule has 16 heavy (non-hydrogen) atoms. The van der Waals surface area contributed by atoms with Crippen LogP contribution in [0, 0.1) is 12.8 Å². The molecule has 1 aromatic heterocycles. The first-order valence-corrected chi connectivity index (χ1v) is 4.56. The number of carboxylic acids is 1. The molecule has 0 fully saturated rings. The molecule has 4 nitrogen and oxygen atoms in total. The van der Waals surface area contributed by atoms with E-state index in [1.807, 2.05) is 0 Å². The lowest BCUT2D eigenvalue weighted by Gasteiger charge is -2.08. The van der Waals surface area contributed by atoms with E-state index in [-0.39, 0.29) is 6.54 Å². The molecule has 0 aliphatic carbocycles. The van der Waals surface area contributed by atoms with Crippen LogP contribution in [0.2, 0.25) is 0 Å². The molecular formula is C9H11F3N2O2. The van der Waals surface area contributed by atoms with Gasteiger partial charge in [-0.15, -0.1) is 0 Å². The third kappa shape index (κ3) is 2.74. The molecule has 0 saturated carbocycles. The van der Waals surface area contributed by atoms with Gasteiger partial charge in [-0.1, -0.05) is 6.92 Å². The molecule has 1 atom stereocenters. The van der Waals surface area contributed by atoms with E-state index in [4.69, 9.17) is 5.11 Å². The summed E-state index contributed by atoms with van der Waals surface area (Å²) in [6.45, 7) is 2.80. The van der Waals surface area contributed by atoms with E-state index in [1.165, 1.54) is 13.8 Å². The normalized spacial score (nSPS) is 13.8. The van der Waals surface area contributed by atoms with Crippen LogP contribution in [0.3, 0.4) is 0 Å². The Morgan fingerprint density at radius 1 is 1.62 bits per heavy atom. The van der Waals surface area contributed by atoms with Crippen molar-refractivity contribution in [2.24, 2.45) is 5.92 Å². The van der Waals surface area contributed by atoms with Gasteiger partial charge in [0.1, 0.15) is 0 Å². The van der Waals surface area contributed by atoms with Crippen molar-refractivity contribution in [3.05, 3.63) is 17.5 Å². The number of alkyl halides is 3. The highest BCUT2D eigenvalue weighted by Gasteiger charge is 2.34. The first-order valence-electron chi connectivity index (χ1n) is 4.56. The van der Waals surface area contributed by atoms with Gasteiger partial charge < -0.3 is 5.11 Å². The molecule has 0 spiro atoms. The van der Waals surface area contributed by atoms with E-state index in [0.29, 0.717) is 5.69 Å². The van der Waals surface area contributed by atoms with Gasteiger partial charge in [0, 0.05) is 5.69 Å². The van der Waals surface area contributed by atoms with Crippen LogP contribution in [-0.4, -0.2) is 20.9 Å². The van der Waals surface area contributed by atoms with Crippen LogP contribution in [-0.2, 0) is 17.5 Å². The zero-order chi connectivity index (χ0) is 12.5. The monoisotopic (exact) mass is 236 g/mol. The summed E-state index contributed by atoms with van der Waals surface area (Å²) in [7, 11) is 0. The minimum Gasteiger partial charge on any atom is -0.481 e. The van der Waals surface area contributed by atoms with E-state index in [9.17, 15) is 18.0 Å². The zero-order valence-corrected chi connectivity index (χ0v) is 8.75. The van der Waals surface area contributed by atoms with Gasteiger partial charge in [0.05, 0.1) is 12.5 Å². The second kappa shape index (κ2) is 4.15. The van der Waals surface area contributed by atoms with Gasteiger partial charge in [-0.3, -0.25) is 9.48 Å². The van der Waals surface area contributed by atoms with Crippen molar-refractivity contribution in [3.63, 3.8) is 0 Å². The molecule has 1 rings (SSSR count). The molecule has 0 saturated heterocycles. The molecular weight excluding hydrogens is 225 g/mol. The molecule has 1 heterocycles. The second-order valence-corrected chi connectivity index (χ2v) is 3.59. The predicted octanol–water partition coefficient (Wildman–Crippen LogP) is 1.93. The minimum atomic E-state index is -4.50. The van der Waals surface area contributed by atoms with Gasteiger partial charge in [-0.25, -0.2) is 0 Å². The van der Waals surface area contributed by atoms with Crippen molar-refractivity contribution in [3.8, 4) is 0 Å². The fraction of sp³-hybridized carbons (Fsp3) is 0.556. The quantitative estimate of drug-likeness (QED) is 0.872. The summed E-state index contributed by atoms with van der Waals surface area (Å²) in [4.78, 5) is 10.6. The first kappa shape index (κ1) is 12.5. The van der Waals surface area contributed by atoms with Gasteiger partial charge in [0.15, 0.2) is 5.69 Å². The first-order chi connectivity index (χ1) is 7.21. The van der Waals surface area contributed by atoms with E-state index < -0.39 is 23.8 Å². The summed E-state index contributed by atoms with van der Waals surface area (Å²) in [5, 5.41) is 12.0. The van der Waals surface area contributed by atoms with Crippen LogP contribution >= 0.6 is 0 Å². The van der Waals surface area contributed by atoms with Gasteiger partial charge in [-0.2, -0.15) is 18.3 Å². The van der Waals surface area contributed by atoms with Crippen molar-refractivity contribution in [1.29, 1.82) is 0 Å². The van der Waals surface area contributed by atoms with E-state index >= 15 is 0 Å². The highest BCUT2D eigenvalue weighted by Crippen LogP contribution is 2.28. The van der Waals surface area contributed by atoms with Crippen LogP contribution in [0.15, 0.2) is 6.07 Å². The molecule has 0 aromatic carbocycles. The maximum atomic E-state index is 12.3. The Balaban J connectivity index is 2.91. The summed E-state index contributed by atoms with van der Waals surface area (Å²) in [5.41, 5.74) is -0.706. The number of carboxylic acid groups (broad SMARTS) is 1. The average Bonchev–Trinajstić information content (AvgIpc) is 2.47. The predicted molar refractivity (Wildman–Crippen MR) is 48.8 cm³/mol. The summed E-state index contributed by atoms with van der Waals surface area (Å²) in [6, 6.07) is 0.897. The third-order valence-electron chi connectivity index (χ3n) is 2.14. The molecule has 0 amide bonds. The van der Waals surface area contributed by atoms with Crippen molar-refractivity contribution >= 4 is 5.97 Å². The Kier molecular flexibility index (Phi) is 3.25. The fourth-order valence-electron chi connectivity index (χ4n) is 1.17. The molecule has 1 unspecified atom stereocenters. The number of hydrogen-bond donors (Lipinski definition) is 1. The van der Waals surface area contributed by atoms with Crippen LogP contribution in [0.1, 0.15) is 18.3 Å². The summed E-state index contributed by atoms with van der Waals surface area (Å²) >= 11 is 0.